The molecule has 2 N–H and O–H groups in total. The average molecular weight is 309 g/mol. The van der Waals surface area contributed by atoms with E-state index >= 15 is 0 Å². The Labute approximate surface area is 133 Å². The lowest BCUT2D eigenvalue weighted by Crippen LogP contribution is -2.09. The Hall–Kier alpha value is -3.02. The molecule has 0 aliphatic rings. The Morgan fingerprint density at radius 3 is 2.52 bits per heavy atom. The minimum Gasteiger partial charge on any atom is -0.353 e. The van der Waals surface area contributed by atoms with Crippen LogP contribution in [0.4, 0.5) is 21.8 Å². The zero-order valence-electron chi connectivity index (χ0n) is 12.4. The molecule has 0 aliphatic heterocycles. The topological polar surface area (TPSA) is 62.7 Å². The van der Waals surface area contributed by atoms with Crippen molar-refractivity contribution in [3.05, 3.63) is 72.2 Å². The van der Waals surface area contributed by atoms with Crippen LogP contribution < -0.4 is 10.6 Å². The third kappa shape index (κ3) is 4.47. The molecular formula is C17H16FN5. The highest BCUT2D eigenvalue weighted by molar-refractivity contribution is 5.55. The highest BCUT2D eigenvalue weighted by Crippen LogP contribution is 2.13. The van der Waals surface area contributed by atoms with E-state index in [1.807, 2.05) is 30.3 Å². The third-order valence-corrected chi connectivity index (χ3v) is 3.22. The fraction of sp³-hybridized carbons (Fsp3) is 0.118. The van der Waals surface area contributed by atoms with Crippen LogP contribution in [-0.2, 0) is 6.42 Å². The second kappa shape index (κ2) is 7.31. The summed E-state index contributed by atoms with van der Waals surface area (Å²) in [5.74, 6) is 0.845. The molecule has 0 saturated carbocycles. The minimum atomic E-state index is -0.228. The Morgan fingerprint density at radius 2 is 1.74 bits per heavy atom. The molecule has 23 heavy (non-hydrogen) atoms. The number of nitrogens with one attached hydrogen (secondary N) is 2. The van der Waals surface area contributed by atoms with Crippen LogP contribution >= 0.6 is 0 Å². The number of para-hydroxylation sites is 1. The summed E-state index contributed by atoms with van der Waals surface area (Å²) >= 11 is 0. The Balaban J connectivity index is 1.56. The molecule has 0 saturated heterocycles. The number of aromatic nitrogens is 3. The molecule has 0 aliphatic carbocycles. The van der Waals surface area contributed by atoms with Crippen LogP contribution in [0.15, 0.2) is 60.8 Å². The fourth-order valence-electron chi connectivity index (χ4n) is 2.08. The number of rotatable bonds is 6. The molecule has 0 atom stereocenters. The zero-order chi connectivity index (χ0) is 15.9. The van der Waals surface area contributed by atoms with Gasteiger partial charge in [-0.25, -0.2) is 4.39 Å². The summed E-state index contributed by atoms with van der Waals surface area (Å²) in [6.45, 7) is 0.641. The van der Waals surface area contributed by atoms with E-state index in [0.29, 0.717) is 18.3 Å². The van der Waals surface area contributed by atoms with Crippen molar-refractivity contribution in [1.29, 1.82) is 0 Å². The fourth-order valence-corrected chi connectivity index (χ4v) is 2.08. The van der Waals surface area contributed by atoms with Crippen molar-refractivity contribution in [2.24, 2.45) is 0 Å². The average Bonchev–Trinajstić information content (AvgIpc) is 2.58. The molecular weight excluding hydrogens is 293 g/mol. The molecule has 1 heterocycles. The van der Waals surface area contributed by atoms with E-state index < -0.39 is 0 Å². The Bertz CT molecular complexity index is 746. The summed E-state index contributed by atoms with van der Waals surface area (Å²) in [4.78, 5) is 4.36. The van der Waals surface area contributed by atoms with E-state index in [1.165, 1.54) is 12.1 Å². The van der Waals surface area contributed by atoms with Gasteiger partial charge in [-0.15, -0.1) is 5.10 Å². The standard InChI is InChI=1S/C17H16FN5/c18-14-8-6-13(7-9-14)10-11-19-17-22-16(12-20-23-17)21-15-4-2-1-3-5-15/h1-9,12H,10-11H2,(H2,19,21,22,23). The normalized spacial score (nSPS) is 10.3. The van der Waals surface area contributed by atoms with Gasteiger partial charge in [0, 0.05) is 12.2 Å². The van der Waals surface area contributed by atoms with E-state index in [4.69, 9.17) is 0 Å². The van der Waals surface area contributed by atoms with E-state index in [1.54, 1.807) is 18.3 Å². The van der Waals surface area contributed by atoms with Crippen molar-refractivity contribution in [3.8, 4) is 0 Å². The van der Waals surface area contributed by atoms with Crippen molar-refractivity contribution in [1.82, 2.24) is 15.2 Å². The third-order valence-electron chi connectivity index (χ3n) is 3.22. The maximum absolute atomic E-state index is 12.8. The maximum Gasteiger partial charge on any atom is 0.244 e. The monoisotopic (exact) mass is 309 g/mol. The minimum absolute atomic E-state index is 0.228. The van der Waals surface area contributed by atoms with Crippen molar-refractivity contribution in [3.63, 3.8) is 0 Å². The van der Waals surface area contributed by atoms with Gasteiger partial charge in [0.25, 0.3) is 0 Å². The zero-order valence-corrected chi connectivity index (χ0v) is 12.4. The molecule has 0 fully saturated rings. The highest BCUT2D eigenvalue weighted by Gasteiger charge is 2.01. The number of benzene rings is 2. The quantitative estimate of drug-likeness (QED) is 0.730. The van der Waals surface area contributed by atoms with Gasteiger partial charge in [0.15, 0.2) is 5.82 Å². The van der Waals surface area contributed by atoms with Gasteiger partial charge in [-0.3, -0.25) is 0 Å². The van der Waals surface area contributed by atoms with Crippen molar-refractivity contribution in [2.75, 3.05) is 17.2 Å². The largest absolute Gasteiger partial charge is 0.353 e. The summed E-state index contributed by atoms with van der Waals surface area (Å²) in [6, 6.07) is 16.2. The van der Waals surface area contributed by atoms with Gasteiger partial charge in [-0.1, -0.05) is 30.3 Å². The van der Waals surface area contributed by atoms with E-state index in [9.17, 15) is 4.39 Å². The predicted molar refractivity (Wildman–Crippen MR) is 88.1 cm³/mol. The molecule has 0 radical (unpaired) electrons. The highest BCUT2D eigenvalue weighted by atomic mass is 19.1. The molecule has 0 unspecified atom stereocenters. The van der Waals surface area contributed by atoms with Gasteiger partial charge in [0.2, 0.25) is 5.95 Å². The van der Waals surface area contributed by atoms with E-state index in [0.717, 1.165) is 17.7 Å². The van der Waals surface area contributed by atoms with Crippen molar-refractivity contribution in [2.45, 2.75) is 6.42 Å². The predicted octanol–water partition coefficient (Wildman–Crippen LogP) is 3.41. The van der Waals surface area contributed by atoms with Crippen LogP contribution in [0.2, 0.25) is 0 Å². The molecule has 6 heteroatoms. The molecule has 116 valence electrons. The van der Waals surface area contributed by atoms with Gasteiger partial charge in [0.05, 0.1) is 6.20 Å². The Kier molecular flexibility index (Phi) is 4.73. The number of hydrogen-bond donors (Lipinski definition) is 2. The summed E-state index contributed by atoms with van der Waals surface area (Å²) < 4.78 is 12.8. The first kappa shape index (κ1) is 14.9. The molecule has 0 amide bonds. The number of hydrogen-bond acceptors (Lipinski definition) is 5. The van der Waals surface area contributed by atoms with Gasteiger partial charge in [-0.2, -0.15) is 10.1 Å². The second-order valence-corrected chi connectivity index (χ2v) is 4.96. The van der Waals surface area contributed by atoms with Gasteiger partial charge in [0.1, 0.15) is 5.82 Å². The SMILES string of the molecule is Fc1ccc(CCNc2nncc(Nc3ccccc3)n2)cc1. The van der Waals surface area contributed by atoms with E-state index in [-0.39, 0.29) is 5.82 Å². The first-order chi connectivity index (χ1) is 11.3. The summed E-state index contributed by atoms with van der Waals surface area (Å²) in [7, 11) is 0. The van der Waals surface area contributed by atoms with Gasteiger partial charge >= 0.3 is 0 Å². The Morgan fingerprint density at radius 1 is 0.957 bits per heavy atom. The molecule has 1 aromatic heterocycles. The van der Waals surface area contributed by atoms with Crippen molar-refractivity contribution >= 4 is 17.5 Å². The van der Waals surface area contributed by atoms with Crippen LogP contribution in [0.1, 0.15) is 5.56 Å². The lowest BCUT2D eigenvalue weighted by Gasteiger charge is -2.07. The van der Waals surface area contributed by atoms with E-state index in [2.05, 4.69) is 25.8 Å². The van der Waals surface area contributed by atoms with Crippen molar-refractivity contribution < 1.29 is 4.39 Å². The summed E-state index contributed by atoms with van der Waals surface area (Å²) in [5, 5.41) is 14.2. The first-order valence-corrected chi connectivity index (χ1v) is 7.30. The molecule has 0 spiro atoms. The summed E-state index contributed by atoms with van der Waals surface area (Å²) in [5.41, 5.74) is 1.98. The van der Waals surface area contributed by atoms with Crippen LogP contribution in [0, 0.1) is 5.82 Å². The molecule has 3 aromatic rings. The van der Waals surface area contributed by atoms with Crippen LogP contribution in [0.3, 0.4) is 0 Å². The maximum atomic E-state index is 12.8. The lowest BCUT2D eigenvalue weighted by atomic mass is 10.1. The van der Waals surface area contributed by atoms with Gasteiger partial charge in [-0.05, 0) is 36.2 Å². The number of halogens is 1. The lowest BCUT2D eigenvalue weighted by molar-refractivity contribution is 0.627. The van der Waals surface area contributed by atoms with Crippen LogP contribution in [0.5, 0.6) is 0 Å². The van der Waals surface area contributed by atoms with Gasteiger partial charge < -0.3 is 10.6 Å². The van der Waals surface area contributed by atoms with Crippen LogP contribution in [0.25, 0.3) is 0 Å². The smallest absolute Gasteiger partial charge is 0.244 e. The molecule has 2 aromatic carbocycles. The van der Waals surface area contributed by atoms with Crippen LogP contribution in [-0.4, -0.2) is 21.7 Å². The first-order valence-electron chi connectivity index (χ1n) is 7.30. The number of nitrogens with zero attached hydrogens (tertiary/aromatic N) is 3. The molecule has 5 nitrogen and oxygen atoms in total. The molecule has 0 bridgehead atoms. The summed E-state index contributed by atoms with van der Waals surface area (Å²) in [6.07, 6.45) is 2.32. The number of anilines is 3. The second-order valence-electron chi connectivity index (χ2n) is 4.96. The molecule has 3 rings (SSSR count).